The summed E-state index contributed by atoms with van der Waals surface area (Å²) in [4.78, 5) is 25.6. The normalized spacial score (nSPS) is 18.5. The molecule has 21 heavy (non-hydrogen) atoms. The number of esters is 1. The highest BCUT2D eigenvalue weighted by molar-refractivity contribution is 5.78. The minimum atomic E-state index is -0.124. The molecule has 0 aliphatic carbocycles. The average molecular weight is 298 g/mol. The second kappa shape index (κ2) is 9.03. The molecular formula is C16H30N2O3. The lowest BCUT2D eigenvalue weighted by atomic mass is 9.97. The van der Waals surface area contributed by atoms with E-state index < -0.39 is 0 Å². The Kier molecular flexibility index (Phi) is 7.72. The van der Waals surface area contributed by atoms with E-state index in [2.05, 4.69) is 31.0 Å². The average Bonchev–Trinajstić information content (AvgIpc) is 2.45. The van der Waals surface area contributed by atoms with Crippen LogP contribution in [0.1, 0.15) is 46.5 Å². The van der Waals surface area contributed by atoms with E-state index in [0.29, 0.717) is 12.5 Å². The number of carbonyl (C=O) groups excluding carboxylic acids is 2. The van der Waals surface area contributed by atoms with Gasteiger partial charge in [-0.2, -0.15) is 0 Å². The molecule has 1 amide bonds. The number of likely N-dealkylation sites (tertiary alicyclic amines) is 1. The zero-order valence-corrected chi connectivity index (χ0v) is 13.9. The third-order valence-electron chi connectivity index (χ3n) is 4.07. The summed E-state index contributed by atoms with van der Waals surface area (Å²) in [5.74, 6) is 0.630. The van der Waals surface area contributed by atoms with Gasteiger partial charge in [0.15, 0.2) is 0 Å². The van der Waals surface area contributed by atoms with Gasteiger partial charge in [-0.05, 0) is 51.6 Å². The lowest BCUT2D eigenvalue weighted by molar-refractivity contribution is -0.147. The molecule has 1 fully saturated rings. The smallest absolute Gasteiger partial charge is 0.308 e. The van der Waals surface area contributed by atoms with Crippen LogP contribution in [0.4, 0.5) is 0 Å². The number of amides is 1. The molecule has 1 rings (SSSR count). The van der Waals surface area contributed by atoms with Crippen LogP contribution in [0.3, 0.4) is 0 Å². The van der Waals surface area contributed by atoms with Crippen LogP contribution in [0.15, 0.2) is 0 Å². The third-order valence-corrected chi connectivity index (χ3v) is 4.07. The predicted octanol–water partition coefficient (Wildman–Crippen LogP) is 1.81. The molecule has 1 N–H and O–H groups in total. The summed E-state index contributed by atoms with van der Waals surface area (Å²) in [5, 5.41) is 3.06. The second-order valence-corrected chi connectivity index (χ2v) is 6.51. The van der Waals surface area contributed by atoms with Gasteiger partial charge >= 0.3 is 5.97 Å². The van der Waals surface area contributed by atoms with E-state index in [0.717, 1.165) is 38.8 Å². The number of hydrogen-bond donors (Lipinski definition) is 1. The van der Waals surface area contributed by atoms with Crippen molar-refractivity contribution in [3.63, 3.8) is 0 Å². The van der Waals surface area contributed by atoms with Crippen LogP contribution in [0.25, 0.3) is 0 Å². The molecule has 122 valence electrons. The van der Waals surface area contributed by atoms with Crippen molar-refractivity contribution in [2.24, 2.45) is 11.8 Å². The molecule has 1 heterocycles. The van der Waals surface area contributed by atoms with Gasteiger partial charge in [-0.1, -0.05) is 13.8 Å². The number of nitrogens with zero attached hydrogens (tertiary/aromatic N) is 1. The first-order valence-electron chi connectivity index (χ1n) is 8.02. The van der Waals surface area contributed by atoms with E-state index in [1.807, 2.05) is 0 Å². The lowest BCUT2D eigenvalue weighted by Gasteiger charge is -2.30. The number of methoxy groups -OCH3 is 1. The van der Waals surface area contributed by atoms with Crippen LogP contribution in [0.2, 0.25) is 0 Å². The van der Waals surface area contributed by atoms with E-state index in [1.165, 1.54) is 7.11 Å². The van der Waals surface area contributed by atoms with Crippen molar-refractivity contribution in [2.75, 3.05) is 26.7 Å². The molecule has 0 saturated carbocycles. The molecule has 0 aromatic heterocycles. The van der Waals surface area contributed by atoms with E-state index in [1.54, 1.807) is 0 Å². The Hall–Kier alpha value is -1.10. The first-order chi connectivity index (χ1) is 9.92. The monoisotopic (exact) mass is 298 g/mol. The molecule has 1 aliphatic heterocycles. The number of piperidine rings is 1. The van der Waals surface area contributed by atoms with Crippen molar-refractivity contribution < 1.29 is 14.3 Å². The summed E-state index contributed by atoms with van der Waals surface area (Å²) in [6.45, 7) is 8.45. The van der Waals surface area contributed by atoms with Crippen LogP contribution in [-0.4, -0.2) is 49.6 Å². The molecule has 1 saturated heterocycles. The fraction of sp³-hybridized carbons (Fsp3) is 0.875. The Morgan fingerprint density at radius 1 is 1.19 bits per heavy atom. The SMILES string of the molecule is COC(=O)C1CCN(CC(=O)NC(C)CCC(C)C)CC1. The molecule has 5 nitrogen and oxygen atoms in total. The van der Waals surface area contributed by atoms with Crippen molar-refractivity contribution in [2.45, 2.75) is 52.5 Å². The highest BCUT2D eigenvalue weighted by Gasteiger charge is 2.26. The van der Waals surface area contributed by atoms with Crippen LogP contribution >= 0.6 is 0 Å². The van der Waals surface area contributed by atoms with Gasteiger partial charge in [0, 0.05) is 6.04 Å². The second-order valence-electron chi connectivity index (χ2n) is 6.51. The summed E-state index contributed by atoms with van der Waals surface area (Å²) in [6.07, 6.45) is 3.71. The first kappa shape index (κ1) is 18.0. The van der Waals surface area contributed by atoms with Crippen molar-refractivity contribution in [3.05, 3.63) is 0 Å². The van der Waals surface area contributed by atoms with Crippen LogP contribution in [0.5, 0.6) is 0 Å². The van der Waals surface area contributed by atoms with Crippen LogP contribution in [-0.2, 0) is 14.3 Å². The maximum Gasteiger partial charge on any atom is 0.308 e. The van der Waals surface area contributed by atoms with Gasteiger partial charge in [0.1, 0.15) is 0 Å². The number of nitrogens with one attached hydrogen (secondary N) is 1. The maximum absolute atomic E-state index is 12.0. The molecule has 5 heteroatoms. The van der Waals surface area contributed by atoms with Gasteiger partial charge in [-0.25, -0.2) is 0 Å². The molecular weight excluding hydrogens is 268 g/mol. The quantitative estimate of drug-likeness (QED) is 0.728. The Labute approximate surface area is 128 Å². The predicted molar refractivity (Wildman–Crippen MR) is 82.9 cm³/mol. The first-order valence-corrected chi connectivity index (χ1v) is 8.02. The maximum atomic E-state index is 12.0. The van der Waals surface area contributed by atoms with Gasteiger partial charge in [-0.15, -0.1) is 0 Å². The number of hydrogen-bond acceptors (Lipinski definition) is 4. The Bertz CT molecular complexity index is 336. The van der Waals surface area contributed by atoms with Crippen LogP contribution in [0, 0.1) is 11.8 Å². The Balaban J connectivity index is 2.22. The standard InChI is InChI=1S/C16H30N2O3/c1-12(2)5-6-13(3)17-15(19)11-18-9-7-14(8-10-18)16(20)21-4/h12-14H,5-11H2,1-4H3,(H,17,19). The van der Waals surface area contributed by atoms with Gasteiger partial charge < -0.3 is 10.1 Å². The zero-order valence-electron chi connectivity index (χ0n) is 13.9. The topological polar surface area (TPSA) is 58.6 Å². The van der Waals surface area contributed by atoms with Gasteiger partial charge in [0.25, 0.3) is 0 Å². The van der Waals surface area contributed by atoms with E-state index in [4.69, 9.17) is 4.74 Å². The minimum Gasteiger partial charge on any atom is -0.469 e. The van der Waals surface area contributed by atoms with Gasteiger partial charge in [0.2, 0.25) is 5.91 Å². The third kappa shape index (κ3) is 6.93. The number of ether oxygens (including phenoxy) is 1. The number of rotatable bonds is 7. The molecule has 0 aromatic carbocycles. The van der Waals surface area contributed by atoms with E-state index >= 15 is 0 Å². The molecule has 0 bridgehead atoms. The lowest BCUT2D eigenvalue weighted by Crippen LogP contribution is -2.44. The van der Waals surface area contributed by atoms with Crippen molar-refractivity contribution in [3.8, 4) is 0 Å². The largest absolute Gasteiger partial charge is 0.469 e. The minimum absolute atomic E-state index is 0.000670. The van der Waals surface area contributed by atoms with Crippen LogP contribution < -0.4 is 5.32 Å². The molecule has 0 spiro atoms. The van der Waals surface area contributed by atoms with Crippen molar-refractivity contribution >= 4 is 11.9 Å². The fourth-order valence-corrected chi connectivity index (χ4v) is 2.67. The summed E-state index contributed by atoms with van der Waals surface area (Å²) in [7, 11) is 1.43. The van der Waals surface area contributed by atoms with Crippen molar-refractivity contribution in [1.82, 2.24) is 10.2 Å². The Morgan fingerprint density at radius 2 is 1.81 bits per heavy atom. The molecule has 0 aromatic rings. The fourth-order valence-electron chi connectivity index (χ4n) is 2.67. The molecule has 0 radical (unpaired) electrons. The summed E-state index contributed by atoms with van der Waals surface area (Å²) in [5.41, 5.74) is 0. The summed E-state index contributed by atoms with van der Waals surface area (Å²) < 4.78 is 4.77. The van der Waals surface area contributed by atoms with E-state index in [-0.39, 0.29) is 23.8 Å². The van der Waals surface area contributed by atoms with Gasteiger partial charge in [0.05, 0.1) is 19.6 Å². The van der Waals surface area contributed by atoms with E-state index in [9.17, 15) is 9.59 Å². The highest BCUT2D eigenvalue weighted by atomic mass is 16.5. The van der Waals surface area contributed by atoms with Crippen molar-refractivity contribution in [1.29, 1.82) is 0 Å². The molecule has 1 aliphatic rings. The summed E-state index contributed by atoms with van der Waals surface area (Å²) >= 11 is 0. The zero-order chi connectivity index (χ0) is 15.8. The molecule has 1 atom stereocenters. The number of carbonyl (C=O) groups is 2. The summed E-state index contributed by atoms with van der Waals surface area (Å²) in [6, 6.07) is 0.229. The highest BCUT2D eigenvalue weighted by Crippen LogP contribution is 2.18. The Morgan fingerprint density at radius 3 is 2.33 bits per heavy atom. The van der Waals surface area contributed by atoms with Gasteiger partial charge in [-0.3, -0.25) is 14.5 Å². The molecule has 1 unspecified atom stereocenters.